The molecule has 1 rings (SSSR count). The van der Waals surface area contributed by atoms with Gasteiger partial charge in [-0.05, 0) is 38.1 Å². The Hall–Kier alpha value is -1.23. The number of benzene rings is 1. The molecule has 84 valence electrons. The Labute approximate surface area is 90.8 Å². The molecule has 0 bridgehead atoms. The van der Waals surface area contributed by atoms with E-state index in [-0.39, 0.29) is 0 Å². The summed E-state index contributed by atoms with van der Waals surface area (Å²) in [5, 5.41) is -0.431. The Morgan fingerprint density at radius 3 is 2.07 bits per heavy atom. The Morgan fingerprint density at radius 2 is 1.67 bits per heavy atom. The molecule has 15 heavy (non-hydrogen) atoms. The second-order valence-corrected chi connectivity index (χ2v) is 6.17. The Bertz CT molecular complexity index is 423. The van der Waals surface area contributed by atoms with Crippen LogP contribution in [0.25, 0.3) is 0 Å². The zero-order chi connectivity index (χ0) is 11.6. The van der Waals surface area contributed by atoms with Gasteiger partial charge in [-0.1, -0.05) is 0 Å². The molecule has 4 nitrogen and oxygen atoms in total. The van der Waals surface area contributed by atoms with E-state index in [1.165, 1.54) is 4.31 Å². The van der Waals surface area contributed by atoms with Gasteiger partial charge in [0.15, 0.2) is 0 Å². The minimum atomic E-state index is -3.25. The van der Waals surface area contributed by atoms with Crippen molar-refractivity contribution in [3.63, 3.8) is 0 Å². The summed E-state index contributed by atoms with van der Waals surface area (Å²) in [5.74, 6) is 0. The van der Waals surface area contributed by atoms with E-state index in [4.69, 9.17) is 5.73 Å². The first-order chi connectivity index (χ1) is 6.85. The molecule has 0 fully saturated rings. The first-order valence-corrected chi connectivity index (χ1v) is 6.19. The lowest BCUT2D eigenvalue weighted by Crippen LogP contribution is -2.32. The molecule has 0 saturated carbocycles. The highest BCUT2D eigenvalue weighted by molar-refractivity contribution is 7.93. The van der Waals surface area contributed by atoms with Crippen molar-refractivity contribution >= 4 is 21.4 Å². The molecule has 0 radical (unpaired) electrons. The molecule has 0 aliphatic heterocycles. The second-order valence-electron chi connectivity index (χ2n) is 3.65. The van der Waals surface area contributed by atoms with Crippen LogP contribution in [-0.2, 0) is 10.0 Å². The molecule has 5 heteroatoms. The van der Waals surface area contributed by atoms with Crippen LogP contribution in [0.4, 0.5) is 11.4 Å². The standard InChI is InChI=1S/C10H16N2O2S/c1-8(2)15(13,14)12(3)10-6-4-9(11)5-7-10/h4-8H,11H2,1-3H3. The van der Waals surface area contributed by atoms with Gasteiger partial charge in [-0.25, -0.2) is 8.42 Å². The molecule has 1 aromatic rings. The summed E-state index contributed by atoms with van der Waals surface area (Å²) < 4.78 is 24.9. The van der Waals surface area contributed by atoms with Gasteiger partial charge in [0.1, 0.15) is 0 Å². The molecule has 0 unspecified atom stereocenters. The SMILES string of the molecule is CC(C)S(=O)(=O)N(C)c1ccc(N)cc1. The van der Waals surface area contributed by atoms with Crippen molar-refractivity contribution in [2.24, 2.45) is 0 Å². The van der Waals surface area contributed by atoms with Gasteiger partial charge in [0.05, 0.1) is 10.9 Å². The van der Waals surface area contributed by atoms with Crippen LogP contribution in [0.5, 0.6) is 0 Å². The summed E-state index contributed by atoms with van der Waals surface area (Å²) >= 11 is 0. The van der Waals surface area contributed by atoms with Gasteiger partial charge < -0.3 is 5.73 Å². The van der Waals surface area contributed by atoms with E-state index in [9.17, 15) is 8.42 Å². The number of nitrogen functional groups attached to an aromatic ring is 1. The van der Waals surface area contributed by atoms with Crippen LogP contribution >= 0.6 is 0 Å². The number of nitrogens with two attached hydrogens (primary N) is 1. The smallest absolute Gasteiger partial charge is 0.237 e. The Kier molecular flexibility index (Phi) is 3.24. The van der Waals surface area contributed by atoms with Crippen molar-refractivity contribution in [1.29, 1.82) is 0 Å². The zero-order valence-corrected chi connectivity index (χ0v) is 9.95. The van der Waals surface area contributed by atoms with Gasteiger partial charge in [-0.15, -0.1) is 0 Å². The summed E-state index contributed by atoms with van der Waals surface area (Å²) in [5.41, 5.74) is 6.77. The normalized spacial score (nSPS) is 11.7. The minimum Gasteiger partial charge on any atom is -0.399 e. The maximum Gasteiger partial charge on any atom is 0.237 e. The number of hydrogen-bond acceptors (Lipinski definition) is 3. The van der Waals surface area contributed by atoms with Gasteiger partial charge in [-0.2, -0.15) is 0 Å². The third-order valence-electron chi connectivity index (χ3n) is 2.23. The van der Waals surface area contributed by atoms with Crippen LogP contribution in [0.1, 0.15) is 13.8 Å². The first-order valence-electron chi connectivity index (χ1n) is 4.69. The number of sulfonamides is 1. The van der Waals surface area contributed by atoms with E-state index in [1.54, 1.807) is 45.2 Å². The molecule has 0 aromatic heterocycles. The average molecular weight is 228 g/mol. The lowest BCUT2D eigenvalue weighted by atomic mass is 10.3. The number of nitrogens with zero attached hydrogens (tertiary/aromatic N) is 1. The quantitative estimate of drug-likeness (QED) is 0.796. The third kappa shape index (κ3) is 2.41. The summed E-state index contributed by atoms with van der Waals surface area (Å²) in [6, 6.07) is 6.74. The fraction of sp³-hybridized carbons (Fsp3) is 0.400. The van der Waals surface area contributed by atoms with Crippen molar-refractivity contribution in [3.05, 3.63) is 24.3 Å². The average Bonchev–Trinajstić information content (AvgIpc) is 2.17. The highest BCUT2D eigenvalue weighted by atomic mass is 32.2. The molecule has 1 aromatic carbocycles. The zero-order valence-electron chi connectivity index (χ0n) is 9.14. The van der Waals surface area contributed by atoms with Crippen molar-refractivity contribution < 1.29 is 8.42 Å². The van der Waals surface area contributed by atoms with Crippen molar-refractivity contribution in [2.75, 3.05) is 17.1 Å². The van der Waals surface area contributed by atoms with E-state index in [1.807, 2.05) is 0 Å². The number of hydrogen-bond donors (Lipinski definition) is 1. The molecule has 0 spiro atoms. The molecule has 0 aliphatic carbocycles. The van der Waals surface area contributed by atoms with Crippen LogP contribution < -0.4 is 10.0 Å². The van der Waals surface area contributed by atoms with Crippen LogP contribution in [0.15, 0.2) is 24.3 Å². The highest BCUT2D eigenvalue weighted by Gasteiger charge is 2.22. The number of anilines is 2. The van der Waals surface area contributed by atoms with Crippen molar-refractivity contribution in [1.82, 2.24) is 0 Å². The van der Waals surface area contributed by atoms with E-state index in [0.717, 1.165) is 0 Å². The summed E-state index contributed by atoms with van der Waals surface area (Å²) in [6.45, 7) is 3.31. The Balaban J connectivity index is 3.05. The third-order valence-corrected chi connectivity index (χ3v) is 4.40. The number of rotatable bonds is 3. The first kappa shape index (κ1) is 11.8. The maximum atomic E-state index is 11.8. The van der Waals surface area contributed by atoms with Crippen LogP contribution in [0, 0.1) is 0 Å². The molecule has 0 atom stereocenters. The van der Waals surface area contributed by atoms with Crippen LogP contribution in [0.3, 0.4) is 0 Å². The topological polar surface area (TPSA) is 63.4 Å². The largest absolute Gasteiger partial charge is 0.399 e. The summed E-state index contributed by atoms with van der Waals surface area (Å²) in [6.07, 6.45) is 0. The van der Waals surface area contributed by atoms with Crippen molar-refractivity contribution in [2.45, 2.75) is 19.1 Å². The predicted octanol–water partition coefficient (Wildman–Crippen LogP) is 1.44. The summed E-state index contributed by atoms with van der Waals surface area (Å²) in [4.78, 5) is 0. The van der Waals surface area contributed by atoms with Gasteiger partial charge in [-0.3, -0.25) is 4.31 Å². The van der Waals surface area contributed by atoms with E-state index >= 15 is 0 Å². The maximum absolute atomic E-state index is 11.8. The van der Waals surface area contributed by atoms with Crippen LogP contribution in [-0.4, -0.2) is 20.7 Å². The fourth-order valence-electron chi connectivity index (χ4n) is 1.15. The highest BCUT2D eigenvalue weighted by Crippen LogP contribution is 2.19. The van der Waals surface area contributed by atoms with E-state index < -0.39 is 15.3 Å². The monoisotopic (exact) mass is 228 g/mol. The fourth-order valence-corrected chi connectivity index (χ4v) is 2.20. The predicted molar refractivity (Wildman–Crippen MR) is 63.3 cm³/mol. The molecular weight excluding hydrogens is 212 g/mol. The van der Waals surface area contributed by atoms with Crippen molar-refractivity contribution in [3.8, 4) is 0 Å². The molecular formula is C10H16N2O2S. The molecule has 2 N–H and O–H groups in total. The van der Waals surface area contributed by atoms with E-state index in [2.05, 4.69) is 0 Å². The second kappa shape index (κ2) is 4.10. The van der Waals surface area contributed by atoms with Gasteiger partial charge >= 0.3 is 0 Å². The lowest BCUT2D eigenvalue weighted by Gasteiger charge is -2.21. The minimum absolute atomic E-state index is 0.431. The molecule has 0 heterocycles. The van der Waals surface area contributed by atoms with Crippen LogP contribution in [0.2, 0.25) is 0 Å². The molecule has 0 amide bonds. The summed E-state index contributed by atoms with van der Waals surface area (Å²) in [7, 11) is -1.71. The van der Waals surface area contributed by atoms with Gasteiger partial charge in [0.25, 0.3) is 0 Å². The molecule has 0 aliphatic rings. The molecule has 0 saturated heterocycles. The van der Waals surface area contributed by atoms with Gasteiger partial charge in [0, 0.05) is 12.7 Å². The Morgan fingerprint density at radius 1 is 1.20 bits per heavy atom. The lowest BCUT2D eigenvalue weighted by molar-refractivity contribution is 0.585. The van der Waals surface area contributed by atoms with E-state index in [0.29, 0.717) is 11.4 Å². The van der Waals surface area contributed by atoms with Gasteiger partial charge in [0.2, 0.25) is 10.0 Å².